The molecule has 146 valence electrons. The molecule has 0 radical (unpaired) electrons. The van der Waals surface area contributed by atoms with E-state index in [0.717, 1.165) is 12.1 Å². The van der Waals surface area contributed by atoms with Crippen LogP contribution in [0.2, 0.25) is 0 Å². The summed E-state index contributed by atoms with van der Waals surface area (Å²) >= 11 is 0. The van der Waals surface area contributed by atoms with E-state index in [1.54, 1.807) is 7.05 Å². The maximum absolute atomic E-state index is 12.8. The van der Waals surface area contributed by atoms with Crippen LogP contribution in [0.4, 0.5) is 18.9 Å². The third-order valence-corrected chi connectivity index (χ3v) is 5.35. The molecule has 9 heteroatoms. The van der Waals surface area contributed by atoms with Crippen molar-refractivity contribution in [1.29, 1.82) is 0 Å². The van der Waals surface area contributed by atoms with Crippen molar-refractivity contribution >= 4 is 21.6 Å². The zero-order valence-electron chi connectivity index (χ0n) is 14.9. The lowest BCUT2D eigenvalue weighted by atomic mass is 10.2. The Labute approximate surface area is 155 Å². The molecule has 1 N–H and O–H groups in total. The summed E-state index contributed by atoms with van der Waals surface area (Å²) in [5.41, 5.74) is -0.853. The molecule has 2 aromatic carbocycles. The minimum atomic E-state index is -4.58. The second-order valence-electron chi connectivity index (χ2n) is 6.22. The molecule has 0 unspecified atom stereocenters. The smallest absolute Gasteiger partial charge is 0.339 e. The van der Waals surface area contributed by atoms with Gasteiger partial charge in [-0.3, -0.25) is 9.52 Å². The SMILES string of the molecule is CC(C)N(C)C(=O)c1ccc(S(=O)(=O)Nc2cccc(C(F)(F)F)c2)cc1. The van der Waals surface area contributed by atoms with Crippen LogP contribution in [0.5, 0.6) is 0 Å². The quantitative estimate of drug-likeness (QED) is 0.825. The first-order valence-corrected chi connectivity index (χ1v) is 9.47. The summed E-state index contributed by atoms with van der Waals surface area (Å²) in [5.74, 6) is -0.264. The number of halogens is 3. The minimum Gasteiger partial charge on any atom is -0.339 e. The molecule has 0 atom stereocenters. The molecule has 0 saturated heterocycles. The fraction of sp³-hybridized carbons (Fsp3) is 0.278. The molecule has 1 amide bonds. The first-order valence-electron chi connectivity index (χ1n) is 7.99. The molecule has 0 bridgehead atoms. The van der Waals surface area contributed by atoms with E-state index in [9.17, 15) is 26.4 Å². The summed E-state index contributed by atoms with van der Waals surface area (Å²) in [5, 5.41) is 0. The summed E-state index contributed by atoms with van der Waals surface area (Å²) < 4.78 is 65.2. The normalized spacial score (nSPS) is 12.1. The van der Waals surface area contributed by atoms with Crippen molar-refractivity contribution in [3.63, 3.8) is 0 Å². The molecule has 0 aliphatic rings. The van der Waals surface area contributed by atoms with Crippen molar-refractivity contribution in [1.82, 2.24) is 4.90 Å². The van der Waals surface area contributed by atoms with Gasteiger partial charge in [0.25, 0.3) is 15.9 Å². The van der Waals surface area contributed by atoms with Crippen molar-refractivity contribution in [2.24, 2.45) is 0 Å². The molecule has 0 spiro atoms. The van der Waals surface area contributed by atoms with Crippen LogP contribution in [0.25, 0.3) is 0 Å². The van der Waals surface area contributed by atoms with E-state index in [4.69, 9.17) is 0 Å². The zero-order chi connectivity index (χ0) is 20.4. The summed E-state index contributed by atoms with van der Waals surface area (Å²) in [6.07, 6.45) is -4.58. The molecule has 27 heavy (non-hydrogen) atoms. The number of nitrogens with zero attached hydrogens (tertiary/aromatic N) is 1. The lowest BCUT2D eigenvalue weighted by Crippen LogP contribution is -2.32. The third-order valence-electron chi connectivity index (χ3n) is 3.95. The predicted molar refractivity (Wildman–Crippen MR) is 95.9 cm³/mol. The van der Waals surface area contributed by atoms with Gasteiger partial charge in [-0.05, 0) is 56.3 Å². The Bertz CT molecular complexity index is 924. The number of hydrogen-bond acceptors (Lipinski definition) is 3. The summed E-state index contributed by atoms with van der Waals surface area (Å²) in [6, 6.07) is 9.07. The van der Waals surface area contributed by atoms with E-state index in [-0.39, 0.29) is 22.5 Å². The van der Waals surface area contributed by atoms with E-state index < -0.39 is 21.8 Å². The average molecular weight is 400 g/mol. The van der Waals surface area contributed by atoms with Crippen molar-refractivity contribution in [3.8, 4) is 0 Å². The number of amides is 1. The van der Waals surface area contributed by atoms with Crippen molar-refractivity contribution in [2.45, 2.75) is 31.0 Å². The standard InChI is InChI=1S/C18H19F3N2O3S/c1-12(2)23(3)17(24)13-7-9-16(10-8-13)27(25,26)22-15-6-4-5-14(11-15)18(19,20)21/h4-12,22H,1-3H3. The van der Waals surface area contributed by atoms with E-state index >= 15 is 0 Å². The maximum Gasteiger partial charge on any atom is 0.416 e. The maximum atomic E-state index is 12.8. The molecular weight excluding hydrogens is 381 g/mol. The highest BCUT2D eigenvalue weighted by Crippen LogP contribution is 2.31. The zero-order valence-corrected chi connectivity index (χ0v) is 15.7. The van der Waals surface area contributed by atoms with Crippen LogP contribution in [0.3, 0.4) is 0 Å². The van der Waals surface area contributed by atoms with E-state index in [1.807, 2.05) is 13.8 Å². The van der Waals surface area contributed by atoms with Gasteiger partial charge in [0.1, 0.15) is 0 Å². The van der Waals surface area contributed by atoms with E-state index in [0.29, 0.717) is 11.6 Å². The van der Waals surface area contributed by atoms with E-state index in [2.05, 4.69) is 4.72 Å². The topological polar surface area (TPSA) is 66.5 Å². The van der Waals surface area contributed by atoms with Crippen LogP contribution in [-0.4, -0.2) is 32.3 Å². The van der Waals surface area contributed by atoms with Gasteiger partial charge in [-0.1, -0.05) is 6.07 Å². The molecule has 0 fully saturated rings. The van der Waals surface area contributed by atoms with Crippen LogP contribution < -0.4 is 4.72 Å². The van der Waals surface area contributed by atoms with Crippen molar-refractivity contribution < 1.29 is 26.4 Å². The van der Waals surface area contributed by atoms with Gasteiger partial charge in [-0.2, -0.15) is 13.2 Å². The first-order chi connectivity index (χ1) is 12.4. The number of benzene rings is 2. The fourth-order valence-corrected chi connectivity index (χ4v) is 3.24. The number of carbonyl (C=O) groups is 1. The largest absolute Gasteiger partial charge is 0.416 e. The van der Waals surface area contributed by atoms with Gasteiger partial charge in [0.2, 0.25) is 0 Å². The minimum absolute atomic E-state index is 0.0246. The molecule has 0 saturated carbocycles. The Morgan fingerprint density at radius 3 is 2.19 bits per heavy atom. The summed E-state index contributed by atoms with van der Waals surface area (Å²) in [7, 11) is -2.47. The monoisotopic (exact) mass is 400 g/mol. The van der Waals surface area contributed by atoms with Crippen molar-refractivity contribution in [3.05, 3.63) is 59.7 Å². The molecule has 0 aliphatic carbocycles. The van der Waals surface area contributed by atoms with Gasteiger partial charge in [0, 0.05) is 24.3 Å². The number of hydrogen-bond donors (Lipinski definition) is 1. The number of carbonyl (C=O) groups excluding carboxylic acids is 1. The second-order valence-corrected chi connectivity index (χ2v) is 7.90. The van der Waals surface area contributed by atoms with Crippen molar-refractivity contribution in [2.75, 3.05) is 11.8 Å². The van der Waals surface area contributed by atoms with Gasteiger partial charge in [0.05, 0.1) is 10.5 Å². The highest BCUT2D eigenvalue weighted by atomic mass is 32.2. The van der Waals surface area contributed by atoms with Crippen LogP contribution in [0.15, 0.2) is 53.4 Å². The lowest BCUT2D eigenvalue weighted by Gasteiger charge is -2.21. The average Bonchev–Trinajstić information content (AvgIpc) is 2.59. The molecule has 0 aliphatic heterocycles. The van der Waals surface area contributed by atoms with E-state index in [1.165, 1.54) is 35.2 Å². The second kappa shape index (κ2) is 7.59. The summed E-state index contributed by atoms with van der Waals surface area (Å²) in [4.78, 5) is 13.6. The molecule has 0 heterocycles. The van der Waals surface area contributed by atoms with Crippen LogP contribution in [-0.2, 0) is 16.2 Å². The van der Waals surface area contributed by atoms with Gasteiger partial charge in [0.15, 0.2) is 0 Å². The molecule has 5 nitrogen and oxygen atoms in total. The molecule has 0 aromatic heterocycles. The van der Waals surface area contributed by atoms with Gasteiger partial charge in [-0.15, -0.1) is 0 Å². The van der Waals surface area contributed by atoms with Gasteiger partial charge >= 0.3 is 6.18 Å². The first kappa shape index (κ1) is 20.8. The highest BCUT2D eigenvalue weighted by molar-refractivity contribution is 7.92. The number of alkyl halides is 3. The Hall–Kier alpha value is -2.55. The lowest BCUT2D eigenvalue weighted by molar-refractivity contribution is -0.137. The number of anilines is 1. The summed E-state index contributed by atoms with van der Waals surface area (Å²) in [6.45, 7) is 3.69. The number of rotatable bonds is 5. The molecular formula is C18H19F3N2O3S. The van der Waals surface area contributed by atoms with Gasteiger partial charge < -0.3 is 4.90 Å². The number of sulfonamides is 1. The van der Waals surface area contributed by atoms with Crippen LogP contribution >= 0.6 is 0 Å². The Balaban J connectivity index is 2.24. The van der Waals surface area contributed by atoms with Crippen LogP contribution in [0, 0.1) is 0 Å². The number of nitrogens with one attached hydrogen (secondary N) is 1. The molecule has 2 aromatic rings. The predicted octanol–water partition coefficient (Wildman–Crippen LogP) is 3.99. The Kier molecular flexibility index (Phi) is 5.84. The third kappa shape index (κ3) is 5.00. The fourth-order valence-electron chi connectivity index (χ4n) is 2.19. The van der Waals surface area contributed by atoms with Gasteiger partial charge in [-0.25, -0.2) is 8.42 Å². The van der Waals surface area contributed by atoms with Crippen LogP contribution in [0.1, 0.15) is 29.8 Å². The molecule has 2 rings (SSSR count). The highest BCUT2D eigenvalue weighted by Gasteiger charge is 2.30. The Morgan fingerprint density at radius 2 is 1.67 bits per heavy atom. The Morgan fingerprint density at radius 1 is 1.07 bits per heavy atom.